The highest BCUT2D eigenvalue weighted by atomic mass is 35.5. The van der Waals surface area contributed by atoms with Crippen LogP contribution in [0.25, 0.3) is 10.9 Å². The monoisotopic (exact) mass is 431 g/mol. The van der Waals surface area contributed by atoms with Gasteiger partial charge in [0.1, 0.15) is 5.82 Å². The molecule has 0 aliphatic rings. The van der Waals surface area contributed by atoms with Gasteiger partial charge in [-0.3, -0.25) is 4.79 Å². The molecule has 1 N–H and O–H groups in total. The lowest BCUT2D eigenvalue weighted by Crippen LogP contribution is -2.25. The fourth-order valence-electron chi connectivity index (χ4n) is 3.62. The van der Waals surface area contributed by atoms with Crippen molar-refractivity contribution >= 4 is 28.4 Å². The van der Waals surface area contributed by atoms with Crippen molar-refractivity contribution in [2.75, 3.05) is 6.54 Å². The summed E-state index contributed by atoms with van der Waals surface area (Å²) in [6, 6.07) is 22.0. The van der Waals surface area contributed by atoms with Crippen LogP contribution in [0, 0.1) is 17.1 Å². The van der Waals surface area contributed by atoms with E-state index in [0.717, 1.165) is 22.0 Å². The Morgan fingerprint density at radius 1 is 1.10 bits per heavy atom. The number of hydrogen-bond donors (Lipinski definition) is 1. The Labute approximate surface area is 184 Å². The van der Waals surface area contributed by atoms with Crippen molar-refractivity contribution in [3.63, 3.8) is 0 Å². The highest BCUT2D eigenvalue weighted by Gasteiger charge is 2.15. The zero-order valence-electron chi connectivity index (χ0n) is 16.6. The van der Waals surface area contributed by atoms with E-state index >= 15 is 0 Å². The minimum atomic E-state index is -0.466. The quantitative estimate of drug-likeness (QED) is 0.448. The van der Waals surface area contributed by atoms with Crippen molar-refractivity contribution < 1.29 is 9.18 Å². The van der Waals surface area contributed by atoms with E-state index in [1.807, 2.05) is 53.2 Å². The Morgan fingerprint density at radius 2 is 1.87 bits per heavy atom. The molecule has 0 bridgehead atoms. The molecule has 6 heteroatoms. The van der Waals surface area contributed by atoms with Crippen LogP contribution in [0.5, 0.6) is 0 Å². The van der Waals surface area contributed by atoms with Gasteiger partial charge in [-0.25, -0.2) is 4.39 Å². The molecule has 0 atom stereocenters. The summed E-state index contributed by atoms with van der Waals surface area (Å²) in [5.74, 6) is -0.663. The van der Waals surface area contributed by atoms with Crippen LogP contribution in [0.2, 0.25) is 5.02 Å². The highest BCUT2D eigenvalue weighted by molar-refractivity contribution is 6.30. The molecular formula is C25H19ClFN3O. The van der Waals surface area contributed by atoms with Crippen LogP contribution in [0.4, 0.5) is 4.39 Å². The number of benzene rings is 3. The molecule has 4 nitrogen and oxygen atoms in total. The van der Waals surface area contributed by atoms with Gasteiger partial charge in [-0.05, 0) is 41.8 Å². The predicted octanol–water partition coefficient (Wildman–Crippen LogP) is 5.33. The summed E-state index contributed by atoms with van der Waals surface area (Å²) in [6.45, 7) is 0.859. The van der Waals surface area contributed by atoms with Crippen LogP contribution in [0.1, 0.15) is 27.0 Å². The van der Waals surface area contributed by atoms with E-state index in [1.165, 1.54) is 12.1 Å². The third kappa shape index (κ3) is 4.45. The molecule has 0 radical (unpaired) electrons. The molecule has 154 valence electrons. The second-order valence-corrected chi connectivity index (χ2v) is 7.62. The largest absolute Gasteiger partial charge is 0.352 e. The molecule has 4 aromatic rings. The summed E-state index contributed by atoms with van der Waals surface area (Å²) in [4.78, 5) is 12.9. The van der Waals surface area contributed by atoms with Crippen molar-refractivity contribution in [3.8, 4) is 6.07 Å². The van der Waals surface area contributed by atoms with E-state index < -0.39 is 5.82 Å². The maximum absolute atomic E-state index is 13.6. The van der Waals surface area contributed by atoms with Crippen molar-refractivity contribution in [2.24, 2.45) is 0 Å². The fourth-order valence-corrected chi connectivity index (χ4v) is 3.74. The first-order valence-electron chi connectivity index (χ1n) is 9.85. The summed E-state index contributed by atoms with van der Waals surface area (Å²) in [6.07, 6.45) is 2.31. The number of aromatic nitrogens is 1. The molecule has 0 saturated carbocycles. The van der Waals surface area contributed by atoms with Gasteiger partial charge in [0.25, 0.3) is 5.91 Å². The molecule has 0 aliphatic heterocycles. The van der Waals surface area contributed by atoms with Gasteiger partial charge in [-0.1, -0.05) is 54.1 Å². The Bertz CT molecular complexity index is 1310. The van der Waals surface area contributed by atoms with Gasteiger partial charge >= 0.3 is 0 Å². The molecular weight excluding hydrogens is 413 g/mol. The summed E-state index contributed by atoms with van der Waals surface area (Å²) in [7, 11) is 0. The van der Waals surface area contributed by atoms with Crippen molar-refractivity contribution in [2.45, 2.75) is 13.0 Å². The molecule has 0 spiro atoms. The number of carbonyl (C=O) groups excluding carboxylic acids is 1. The number of rotatable bonds is 6. The van der Waals surface area contributed by atoms with Gasteiger partial charge in [-0.15, -0.1) is 0 Å². The Kier molecular flexibility index (Phi) is 6.01. The van der Waals surface area contributed by atoms with E-state index in [1.54, 1.807) is 12.1 Å². The number of amides is 1. The van der Waals surface area contributed by atoms with E-state index in [-0.39, 0.29) is 10.9 Å². The van der Waals surface area contributed by atoms with E-state index in [9.17, 15) is 14.4 Å². The molecule has 0 aliphatic carbocycles. The minimum Gasteiger partial charge on any atom is -0.352 e. The number of nitriles is 1. The standard InChI is InChI=1S/C25H19ClFN3O/c26-22-10-9-17(13-23(22)27)11-12-29-25(31)21-16-30(24-8-4-3-7-20(21)24)15-19-6-2-1-5-18(19)14-28/h1-10,13,16H,11-12,15H2,(H,29,31). The number of para-hydroxylation sites is 1. The smallest absolute Gasteiger partial charge is 0.253 e. The number of carbonyl (C=O) groups is 1. The molecule has 0 fully saturated rings. The SMILES string of the molecule is N#Cc1ccccc1Cn1cc(C(=O)NCCc2ccc(Cl)c(F)c2)c2ccccc21. The zero-order valence-corrected chi connectivity index (χ0v) is 17.4. The lowest BCUT2D eigenvalue weighted by molar-refractivity contribution is 0.0955. The number of fused-ring (bicyclic) bond motifs is 1. The first-order valence-corrected chi connectivity index (χ1v) is 10.2. The van der Waals surface area contributed by atoms with Crippen molar-refractivity contribution in [3.05, 3.63) is 106 Å². The molecule has 31 heavy (non-hydrogen) atoms. The first kappa shape index (κ1) is 20.6. The topological polar surface area (TPSA) is 57.8 Å². The molecule has 1 amide bonds. The van der Waals surface area contributed by atoms with Crippen LogP contribution in [0.15, 0.2) is 72.9 Å². The predicted molar refractivity (Wildman–Crippen MR) is 120 cm³/mol. The Balaban J connectivity index is 1.54. The summed E-state index contributed by atoms with van der Waals surface area (Å²) in [5, 5.41) is 13.2. The van der Waals surface area contributed by atoms with Gasteiger partial charge in [0.2, 0.25) is 0 Å². The highest BCUT2D eigenvalue weighted by Crippen LogP contribution is 2.23. The van der Waals surface area contributed by atoms with Crippen LogP contribution >= 0.6 is 11.6 Å². The third-order valence-electron chi connectivity index (χ3n) is 5.19. The number of halogens is 2. The zero-order chi connectivity index (χ0) is 21.8. The molecule has 1 aromatic heterocycles. The van der Waals surface area contributed by atoms with Crippen LogP contribution < -0.4 is 5.32 Å². The van der Waals surface area contributed by atoms with E-state index in [4.69, 9.17) is 11.6 Å². The number of nitrogens with one attached hydrogen (secondary N) is 1. The lowest BCUT2D eigenvalue weighted by atomic mass is 10.1. The van der Waals surface area contributed by atoms with Gasteiger partial charge < -0.3 is 9.88 Å². The van der Waals surface area contributed by atoms with E-state index in [0.29, 0.717) is 30.6 Å². The Hall–Kier alpha value is -3.62. The minimum absolute atomic E-state index is 0.0820. The summed E-state index contributed by atoms with van der Waals surface area (Å²) >= 11 is 5.72. The van der Waals surface area contributed by atoms with Gasteiger partial charge in [0.15, 0.2) is 0 Å². The molecule has 0 saturated heterocycles. The number of hydrogen-bond acceptors (Lipinski definition) is 2. The molecule has 3 aromatic carbocycles. The second kappa shape index (κ2) is 9.03. The summed E-state index contributed by atoms with van der Waals surface area (Å²) < 4.78 is 15.6. The average molecular weight is 432 g/mol. The van der Waals surface area contributed by atoms with Crippen molar-refractivity contribution in [1.29, 1.82) is 5.26 Å². The van der Waals surface area contributed by atoms with Crippen molar-refractivity contribution in [1.82, 2.24) is 9.88 Å². The van der Waals surface area contributed by atoms with E-state index in [2.05, 4.69) is 11.4 Å². The van der Waals surface area contributed by atoms with Gasteiger partial charge in [-0.2, -0.15) is 5.26 Å². The van der Waals surface area contributed by atoms with Crippen LogP contribution in [0.3, 0.4) is 0 Å². The molecule has 0 unspecified atom stereocenters. The maximum atomic E-state index is 13.6. The third-order valence-corrected chi connectivity index (χ3v) is 5.50. The lowest BCUT2D eigenvalue weighted by Gasteiger charge is -2.07. The Morgan fingerprint density at radius 3 is 2.68 bits per heavy atom. The average Bonchev–Trinajstić information content (AvgIpc) is 3.15. The first-order chi connectivity index (χ1) is 15.1. The summed E-state index contributed by atoms with van der Waals surface area (Å²) in [5.41, 5.74) is 3.74. The second-order valence-electron chi connectivity index (χ2n) is 7.21. The van der Waals surface area contributed by atoms with Crippen LogP contribution in [-0.2, 0) is 13.0 Å². The molecule has 1 heterocycles. The fraction of sp³-hybridized carbons (Fsp3) is 0.120. The normalized spacial score (nSPS) is 10.7. The molecule has 4 rings (SSSR count). The van der Waals surface area contributed by atoms with Gasteiger partial charge in [0, 0.05) is 30.2 Å². The van der Waals surface area contributed by atoms with Crippen LogP contribution in [-0.4, -0.2) is 17.0 Å². The number of nitrogens with zero attached hydrogens (tertiary/aromatic N) is 2. The maximum Gasteiger partial charge on any atom is 0.253 e. The van der Waals surface area contributed by atoms with Gasteiger partial charge in [0.05, 0.1) is 22.2 Å².